The van der Waals surface area contributed by atoms with E-state index in [4.69, 9.17) is 23.2 Å². The summed E-state index contributed by atoms with van der Waals surface area (Å²) in [5, 5.41) is 6.32. The van der Waals surface area contributed by atoms with Crippen molar-refractivity contribution < 1.29 is 13.2 Å². The molecule has 3 N–H and O–H groups in total. The summed E-state index contributed by atoms with van der Waals surface area (Å²) < 4.78 is 27.7. The molecule has 0 radical (unpaired) electrons. The van der Waals surface area contributed by atoms with E-state index in [1.165, 1.54) is 24.3 Å². The van der Waals surface area contributed by atoms with Crippen molar-refractivity contribution in [1.82, 2.24) is 0 Å². The van der Waals surface area contributed by atoms with Gasteiger partial charge in [-0.15, -0.1) is 0 Å². The Labute approximate surface area is 178 Å². The van der Waals surface area contributed by atoms with Gasteiger partial charge in [0.15, 0.2) is 0 Å². The van der Waals surface area contributed by atoms with Crippen LogP contribution in [0.25, 0.3) is 0 Å². The second kappa shape index (κ2) is 8.73. The van der Waals surface area contributed by atoms with Crippen LogP contribution in [0.1, 0.15) is 5.56 Å². The largest absolute Gasteiger partial charge is 0.323 e. The molecule has 6 nitrogen and oxygen atoms in total. The van der Waals surface area contributed by atoms with Gasteiger partial charge in [-0.05, 0) is 73.2 Å². The zero-order valence-electron chi connectivity index (χ0n) is 15.2. The number of anilines is 3. The first kappa shape index (κ1) is 21.0. The zero-order chi connectivity index (χ0) is 21.0. The molecule has 0 atom stereocenters. The average molecular weight is 450 g/mol. The third-order valence-electron chi connectivity index (χ3n) is 4.04. The third-order valence-corrected chi connectivity index (χ3v) is 6.08. The Morgan fingerprint density at radius 3 is 1.97 bits per heavy atom. The van der Waals surface area contributed by atoms with Crippen LogP contribution < -0.4 is 15.4 Å². The Hall–Kier alpha value is -2.74. The molecule has 0 spiro atoms. The topological polar surface area (TPSA) is 87.3 Å². The summed E-state index contributed by atoms with van der Waals surface area (Å²) in [6, 6.07) is 17.0. The van der Waals surface area contributed by atoms with Crippen molar-refractivity contribution in [2.45, 2.75) is 11.8 Å². The first-order valence-corrected chi connectivity index (χ1v) is 10.7. The molecule has 0 aromatic heterocycles. The monoisotopic (exact) mass is 449 g/mol. The Morgan fingerprint density at radius 2 is 1.38 bits per heavy atom. The van der Waals surface area contributed by atoms with Gasteiger partial charge in [-0.2, -0.15) is 0 Å². The number of hydrogen-bond acceptors (Lipinski definition) is 3. The highest BCUT2D eigenvalue weighted by molar-refractivity contribution is 7.92. The third kappa shape index (κ3) is 5.41. The summed E-state index contributed by atoms with van der Waals surface area (Å²) in [6.45, 7) is 1.73. The SMILES string of the molecule is Cc1c(Cl)cccc1NS(=O)(=O)c1ccc(NC(=O)Nc2ccc(Cl)cc2)cc1. The predicted octanol–water partition coefficient (Wildman–Crippen LogP) is 5.75. The van der Waals surface area contributed by atoms with E-state index in [2.05, 4.69) is 15.4 Å². The lowest BCUT2D eigenvalue weighted by Crippen LogP contribution is -2.19. The summed E-state index contributed by atoms with van der Waals surface area (Å²) in [7, 11) is -3.80. The van der Waals surface area contributed by atoms with E-state index in [1.54, 1.807) is 49.4 Å². The van der Waals surface area contributed by atoms with E-state index < -0.39 is 16.1 Å². The van der Waals surface area contributed by atoms with Crippen molar-refractivity contribution in [1.29, 1.82) is 0 Å². The molecule has 0 aliphatic heterocycles. The van der Waals surface area contributed by atoms with Crippen LogP contribution in [0, 0.1) is 6.92 Å². The van der Waals surface area contributed by atoms with E-state index >= 15 is 0 Å². The van der Waals surface area contributed by atoms with Crippen molar-refractivity contribution in [3.63, 3.8) is 0 Å². The van der Waals surface area contributed by atoms with Gasteiger partial charge in [-0.3, -0.25) is 4.72 Å². The van der Waals surface area contributed by atoms with Gasteiger partial charge in [-0.25, -0.2) is 13.2 Å². The Morgan fingerprint density at radius 1 is 0.828 bits per heavy atom. The fraction of sp³-hybridized carbons (Fsp3) is 0.0500. The summed E-state index contributed by atoms with van der Waals surface area (Å²) in [5.41, 5.74) is 2.05. The lowest BCUT2D eigenvalue weighted by atomic mass is 10.2. The summed E-state index contributed by atoms with van der Waals surface area (Å²) >= 11 is 11.8. The quantitative estimate of drug-likeness (QED) is 0.463. The lowest BCUT2D eigenvalue weighted by molar-refractivity contribution is 0.262. The molecular weight excluding hydrogens is 433 g/mol. The Kier molecular flexibility index (Phi) is 6.32. The molecule has 9 heteroatoms. The Balaban J connectivity index is 1.68. The van der Waals surface area contributed by atoms with Crippen LogP contribution in [0.2, 0.25) is 10.0 Å². The maximum Gasteiger partial charge on any atom is 0.323 e. The van der Waals surface area contributed by atoms with Gasteiger partial charge in [0.2, 0.25) is 0 Å². The molecule has 0 aliphatic rings. The molecule has 0 aliphatic carbocycles. The zero-order valence-corrected chi connectivity index (χ0v) is 17.6. The highest BCUT2D eigenvalue weighted by Crippen LogP contribution is 2.26. The summed E-state index contributed by atoms with van der Waals surface area (Å²) in [4.78, 5) is 12.1. The van der Waals surface area contributed by atoms with Crippen LogP contribution in [0.3, 0.4) is 0 Å². The smallest absolute Gasteiger partial charge is 0.308 e. The molecule has 3 aromatic rings. The van der Waals surface area contributed by atoms with E-state index in [0.717, 1.165) is 0 Å². The highest BCUT2D eigenvalue weighted by atomic mass is 35.5. The fourth-order valence-electron chi connectivity index (χ4n) is 2.47. The Bertz CT molecular complexity index is 1130. The van der Waals surface area contributed by atoms with Crippen LogP contribution in [-0.2, 0) is 10.0 Å². The number of hydrogen-bond donors (Lipinski definition) is 3. The van der Waals surface area contributed by atoms with Crippen molar-refractivity contribution in [2.75, 3.05) is 15.4 Å². The number of urea groups is 1. The molecule has 0 saturated carbocycles. The number of nitrogens with one attached hydrogen (secondary N) is 3. The van der Waals surface area contributed by atoms with Gasteiger partial charge >= 0.3 is 6.03 Å². The second-order valence-corrected chi connectivity index (χ2v) is 8.65. The average Bonchev–Trinajstić information content (AvgIpc) is 2.67. The van der Waals surface area contributed by atoms with Gasteiger partial charge in [0, 0.05) is 21.4 Å². The highest BCUT2D eigenvalue weighted by Gasteiger charge is 2.16. The van der Waals surface area contributed by atoms with Gasteiger partial charge in [0.25, 0.3) is 10.0 Å². The molecule has 0 unspecified atom stereocenters. The minimum absolute atomic E-state index is 0.0561. The summed E-state index contributed by atoms with van der Waals surface area (Å²) in [6.07, 6.45) is 0. The van der Waals surface area contributed by atoms with E-state index in [0.29, 0.717) is 32.7 Å². The maximum absolute atomic E-state index is 12.6. The van der Waals surface area contributed by atoms with Gasteiger partial charge in [0.1, 0.15) is 0 Å². The lowest BCUT2D eigenvalue weighted by Gasteiger charge is -2.12. The summed E-state index contributed by atoms with van der Waals surface area (Å²) in [5.74, 6) is 0. The number of carbonyl (C=O) groups is 1. The van der Waals surface area contributed by atoms with E-state index in [9.17, 15) is 13.2 Å². The van der Waals surface area contributed by atoms with Crippen LogP contribution in [0.5, 0.6) is 0 Å². The molecule has 0 saturated heterocycles. The van der Waals surface area contributed by atoms with E-state index in [1.807, 2.05) is 0 Å². The molecular formula is C20H17Cl2N3O3S. The number of benzene rings is 3. The number of rotatable bonds is 5. The van der Waals surface area contributed by atoms with Gasteiger partial charge in [0.05, 0.1) is 10.6 Å². The molecule has 0 bridgehead atoms. The number of amides is 2. The van der Waals surface area contributed by atoms with Crippen molar-refractivity contribution >= 4 is 56.3 Å². The van der Waals surface area contributed by atoms with Crippen LogP contribution in [0.15, 0.2) is 71.6 Å². The minimum atomic E-state index is -3.80. The van der Waals surface area contributed by atoms with Crippen LogP contribution >= 0.6 is 23.2 Å². The normalized spacial score (nSPS) is 11.0. The van der Waals surface area contributed by atoms with Gasteiger partial charge in [-0.1, -0.05) is 29.3 Å². The van der Waals surface area contributed by atoms with Crippen molar-refractivity contribution in [3.8, 4) is 0 Å². The first-order valence-electron chi connectivity index (χ1n) is 8.46. The fourth-order valence-corrected chi connectivity index (χ4v) is 3.89. The van der Waals surface area contributed by atoms with Crippen molar-refractivity contribution in [3.05, 3.63) is 82.3 Å². The standard InChI is InChI=1S/C20H17Cl2N3O3S/c1-13-18(22)3-2-4-19(13)25-29(27,28)17-11-9-16(10-12-17)24-20(26)23-15-7-5-14(21)6-8-15/h2-12,25H,1H3,(H2,23,24,26). The first-order chi connectivity index (χ1) is 13.7. The maximum atomic E-state index is 12.6. The second-order valence-electron chi connectivity index (χ2n) is 6.13. The molecule has 0 fully saturated rings. The van der Waals surface area contributed by atoms with Crippen molar-refractivity contribution in [2.24, 2.45) is 0 Å². The molecule has 150 valence electrons. The molecule has 2 amide bonds. The van der Waals surface area contributed by atoms with Gasteiger partial charge < -0.3 is 10.6 Å². The molecule has 29 heavy (non-hydrogen) atoms. The number of halogens is 2. The molecule has 3 rings (SSSR count). The number of sulfonamides is 1. The van der Waals surface area contributed by atoms with Crippen LogP contribution in [0.4, 0.5) is 21.9 Å². The van der Waals surface area contributed by atoms with Crippen LogP contribution in [-0.4, -0.2) is 14.4 Å². The minimum Gasteiger partial charge on any atom is -0.308 e. The predicted molar refractivity (Wildman–Crippen MR) is 118 cm³/mol. The number of carbonyl (C=O) groups excluding carboxylic acids is 1. The molecule has 0 heterocycles. The molecule has 3 aromatic carbocycles. The van der Waals surface area contributed by atoms with E-state index in [-0.39, 0.29) is 4.90 Å².